The molecule has 1 nitrogen and oxygen atoms in total. The number of rotatable bonds is 1. The monoisotopic (exact) mass is 295 g/mol. The third-order valence-electron chi connectivity index (χ3n) is 6.12. The second-order valence-corrected chi connectivity index (χ2v) is 9.25. The van der Waals surface area contributed by atoms with Gasteiger partial charge in [0.05, 0.1) is 0 Å². The first-order valence-corrected chi connectivity index (χ1v) is 9.47. The van der Waals surface area contributed by atoms with Crippen LogP contribution in [0.3, 0.4) is 0 Å². The second kappa shape index (κ2) is 7.99. The van der Waals surface area contributed by atoms with E-state index in [2.05, 4.69) is 34.6 Å². The lowest BCUT2D eigenvalue weighted by Crippen LogP contribution is -2.36. The van der Waals surface area contributed by atoms with Crippen LogP contribution in [0, 0.1) is 10.8 Å². The summed E-state index contributed by atoms with van der Waals surface area (Å²) < 4.78 is 0. The van der Waals surface area contributed by atoms with Crippen molar-refractivity contribution in [1.82, 2.24) is 0 Å². The summed E-state index contributed by atoms with van der Waals surface area (Å²) in [5, 5.41) is 0. The van der Waals surface area contributed by atoms with Gasteiger partial charge >= 0.3 is 0 Å². The molecule has 1 fully saturated rings. The third-order valence-corrected chi connectivity index (χ3v) is 6.12. The highest BCUT2D eigenvalue weighted by molar-refractivity contribution is 4.82. The number of hydrogen-bond donors (Lipinski definition) is 1. The quantitative estimate of drug-likeness (QED) is 0.591. The molecule has 1 heteroatoms. The van der Waals surface area contributed by atoms with Crippen molar-refractivity contribution in [2.45, 2.75) is 117 Å². The SMILES string of the molecule is CCC1(C)CCCCC(C)(C)CCCC(C)(N)CCCC1. The predicted octanol–water partition coefficient (Wildman–Crippen LogP) is 6.45. The molecule has 0 radical (unpaired) electrons. The van der Waals surface area contributed by atoms with Gasteiger partial charge in [-0.2, -0.15) is 0 Å². The molecule has 21 heavy (non-hydrogen) atoms. The van der Waals surface area contributed by atoms with Gasteiger partial charge in [0.2, 0.25) is 0 Å². The van der Waals surface area contributed by atoms with Gasteiger partial charge in [-0.05, 0) is 56.3 Å². The number of hydrogen-bond acceptors (Lipinski definition) is 1. The number of nitrogens with two attached hydrogens (primary N) is 1. The van der Waals surface area contributed by atoms with E-state index in [1.165, 1.54) is 77.0 Å². The van der Waals surface area contributed by atoms with Crippen molar-refractivity contribution in [1.29, 1.82) is 0 Å². The molecule has 1 rings (SSSR count). The molecule has 0 aromatic rings. The van der Waals surface area contributed by atoms with Gasteiger partial charge in [-0.25, -0.2) is 0 Å². The van der Waals surface area contributed by atoms with Crippen LogP contribution in [0.4, 0.5) is 0 Å². The minimum atomic E-state index is 0.0583. The summed E-state index contributed by atoms with van der Waals surface area (Å²) in [6, 6.07) is 0. The molecule has 0 aromatic heterocycles. The summed E-state index contributed by atoms with van der Waals surface area (Å²) in [6.45, 7) is 12.0. The van der Waals surface area contributed by atoms with E-state index in [0.717, 1.165) is 0 Å². The van der Waals surface area contributed by atoms with Gasteiger partial charge in [0.1, 0.15) is 0 Å². The molecule has 2 atom stereocenters. The summed E-state index contributed by atoms with van der Waals surface area (Å²) in [5.74, 6) is 0. The first-order valence-electron chi connectivity index (χ1n) is 9.47. The lowest BCUT2D eigenvalue weighted by atomic mass is 9.74. The Bertz CT molecular complexity index is 266. The van der Waals surface area contributed by atoms with Gasteiger partial charge in [-0.3, -0.25) is 0 Å². The summed E-state index contributed by atoms with van der Waals surface area (Å²) in [4.78, 5) is 0. The molecule has 2 N–H and O–H groups in total. The van der Waals surface area contributed by atoms with E-state index in [4.69, 9.17) is 5.73 Å². The Morgan fingerprint density at radius 3 is 1.67 bits per heavy atom. The van der Waals surface area contributed by atoms with E-state index in [1.807, 2.05) is 0 Å². The highest BCUT2D eigenvalue weighted by Gasteiger charge is 2.25. The van der Waals surface area contributed by atoms with Crippen LogP contribution in [0.2, 0.25) is 0 Å². The molecule has 0 bridgehead atoms. The Morgan fingerprint density at radius 2 is 1.10 bits per heavy atom. The molecule has 1 saturated carbocycles. The summed E-state index contributed by atoms with van der Waals surface area (Å²) >= 11 is 0. The van der Waals surface area contributed by atoms with Gasteiger partial charge in [-0.15, -0.1) is 0 Å². The van der Waals surface area contributed by atoms with Gasteiger partial charge in [0, 0.05) is 5.54 Å². The first-order chi connectivity index (χ1) is 9.68. The van der Waals surface area contributed by atoms with E-state index in [0.29, 0.717) is 10.8 Å². The zero-order valence-electron chi connectivity index (χ0n) is 15.6. The zero-order chi connectivity index (χ0) is 16.0. The molecule has 1 aliphatic rings. The van der Waals surface area contributed by atoms with Gasteiger partial charge in [0.15, 0.2) is 0 Å². The molecule has 126 valence electrons. The van der Waals surface area contributed by atoms with Crippen molar-refractivity contribution in [3.63, 3.8) is 0 Å². The maximum absolute atomic E-state index is 6.52. The van der Waals surface area contributed by atoms with Crippen LogP contribution >= 0.6 is 0 Å². The minimum absolute atomic E-state index is 0.0583. The molecule has 0 spiro atoms. The second-order valence-electron chi connectivity index (χ2n) is 9.25. The van der Waals surface area contributed by atoms with E-state index in [1.54, 1.807) is 0 Å². The highest BCUT2D eigenvalue weighted by Crippen LogP contribution is 2.37. The normalized spacial score (nSPS) is 36.9. The molecule has 0 aromatic carbocycles. The van der Waals surface area contributed by atoms with E-state index >= 15 is 0 Å². The topological polar surface area (TPSA) is 26.0 Å². The summed E-state index contributed by atoms with van der Waals surface area (Å²) in [5.41, 5.74) is 7.65. The maximum atomic E-state index is 6.52. The van der Waals surface area contributed by atoms with E-state index in [9.17, 15) is 0 Å². The van der Waals surface area contributed by atoms with Crippen LogP contribution in [-0.4, -0.2) is 5.54 Å². The molecule has 1 aliphatic carbocycles. The average molecular weight is 296 g/mol. The Labute approximate surface area is 134 Å². The first kappa shape index (κ1) is 19.0. The van der Waals surface area contributed by atoms with Crippen LogP contribution in [0.25, 0.3) is 0 Å². The lowest BCUT2D eigenvalue weighted by Gasteiger charge is -2.32. The average Bonchev–Trinajstić information content (AvgIpc) is 2.39. The van der Waals surface area contributed by atoms with Crippen molar-refractivity contribution in [2.24, 2.45) is 16.6 Å². The minimum Gasteiger partial charge on any atom is -0.325 e. The smallest absolute Gasteiger partial charge is 0.0125 e. The molecular weight excluding hydrogens is 254 g/mol. The Balaban J connectivity index is 2.62. The molecule has 0 aliphatic heterocycles. The molecule has 0 heterocycles. The molecular formula is C20H41N. The lowest BCUT2D eigenvalue weighted by molar-refractivity contribution is 0.214. The van der Waals surface area contributed by atoms with Crippen LogP contribution < -0.4 is 5.73 Å². The summed E-state index contributed by atoms with van der Waals surface area (Å²) in [6.07, 6.45) is 16.1. The molecule has 2 unspecified atom stereocenters. The Hall–Kier alpha value is -0.0400. The van der Waals surface area contributed by atoms with E-state index in [-0.39, 0.29) is 5.54 Å². The fourth-order valence-electron chi connectivity index (χ4n) is 3.94. The van der Waals surface area contributed by atoms with Crippen molar-refractivity contribution >= 4 is 0 Å². The fraction of sp³-hybridized carbons (Fsp3) is 1.00. The molecule has 0 amide bonds. The van der Waals surface area contributed by atoms with Crippen LogP contribution in [0.5, 0.6) is 0 Å². The van der Waals surface area contributed by atoms with Crippen LogP contribution in [0.1, 0.15) is 112 Å². The zero-order valence-corrected chi connectivity index (χ0v) is 15.6. The largest absolute Gasteiger partial charge is 0.325 e. The van der Waals surface area contributed by atoms with Crippen LogP contribution in [0.15, 0.2) is 0 Å². The van der Waals surface area contributed by atoms with Crippen molar-refractivity contribution in [3.8, 4) is 0 Å². The Morgan fingerprint density at radius 1 is 0.667 bits per heavy atom. The van der Waals surface area contributed by atoms with E-state index < -0.39 is 0 Å². The van der Waals surface area contributed by atoms with Gasteiger partial charge < -0.3 is 5.73 Å². The maximum Gasteiger partial charge on any atom is 0.0125 e. The van der Waals surface area contributed by atoms with Crippen LogP contribution in [-0.2, 0) is 0 Å². The van der Waals surface area contributed by atoms with Crippen molar-refractivity contribution in [3.05, 3.63) is 0 Å². The highest BCUT2D eigenvalue weighted by atomic mass is 14.7. The van der Waals surface area contributed by atoms with Crippen molar-refractivity contribution in [2.75, 3.05) is 0 Å². The Kier molecular flexibility index (Phi) is 7.24. The molecule has 0 saturated heterocycles. The fourth-order valence-corrected chi connectivity index (χ4v) is 3.94. The third kappa shape index (κ3) is 7.68. The van der Waals surface area contributed by atoms with Gasteiger partial charge in [0.25, 0.3) is 0 Å². The summed E-state index contributed by atoms with van der Waals surface area (Å²) in [7, 11) is 0. The predicted molar refractivity (Wildman–Crippen MR) is 95.6 cm³/mol. The van der Waals surface area contributed by atoms with Gasteiger partial charge in [-0.1, -0.05) is 66.2 Å². The standard InChI is InChI=1S/C20H41N/c1-6-19(4)14-8-7-12-18(2,3)13-11-17-20(5,21)16-10-9-15-19/h6-17,21H2,1-5H3. The van der Waals surface area contributed by atoms with Crippen molar-refractivity contribution < 1.29 is 0 Å².